The van der Waals surface area contributed by atoms with Crippen molar-refractivity contribution in [2.24, 2.45) is 25.9 Å². The largest absolute Gasteiger partial charge is 0.417 e. The molecule has 7 heterocycles. The molecule has 3 aliphatic rings. The van der Waals surface area contributed by atoms with Crippen molar-refractivity contribution in [2.75, 3.05) is 52.4 Å². The van der Waals surface area contributed by atoms with E-state index in [4.69, 9.17) is 0 Å². The molecular formula is C75H75F9N8O12. The number of rotatable bonds is 6. The van der Waals surface area contributed by atoms with Gasteiger partial charge in [0.25, 0.3) is 68.1 Å². The molecule has 550 valence electrons. The Morgan fingerprint density at radius 2 is 0.577 bits per heavy atom. The van der Waals surface area contributed by atoms with Crippen LogP contribution in [0.1, 0.15) is 137 Å². The number of aromatic nitrogens is 4. The average Bonchev–Trinajstić information content (AvgIpc) is 1.57. The van der Waals surface area contributed by atoms with E-state index in [0.29, 0.717) is 39.9 Å². The smallest absolute Gasteiger partial charge is 0.338 e. The lowest BCUT2D eigenvalue weighted by Gasteiger charge is -2.46. The second-order valence-electron chi connectivity index (χ2n) is 24.4. The lowest BCUT2D eigenvalue weighted by molar-refractivity contribution is -0.138. The Balaban J connectivity index is 0.000000240. The lowest BCUT2D eigenvalue weighted by Crippen LogP contribution is -2.55. The molecule has 104 heavy (non-hydrogen) atoms. The van der Waals surface area contributed by atoms with Crippen molar-refractivity contribution in [1.82, 2.24) is 37.9 Å². The van der Waals surface area contributed by atoms with Gasteiger partial charge in [-0.05, 0) is 123 Å². The van der Waals surface area contributed by atoms with E-state index in [1.165, 1.54) is 32.0 Å². The maximum atomic E-state index is 14.5. The quantitative estimate of drug-likeness (QED) is 0.141. The molecule has 4 amide bonds. The highest BCUT2D eigenvalue weighted by Crippen LogP contribution is 2.39. The molecule has 29 heteroatoms. The summed E-state index contributed by atoms with van der Waals surface area (Å²) in [5.74, 6) is -3.22. The fraction of sp³-hybridized carbons (Fsp3) is 0.360. The fourth-order valence-corrected chi connectivity index (χ4v) is 13.4. The SMILES string of the molecule is CC.CC.CC.CC.Cc1ccc(C(=O)N2CC3CC(C2)CN(C(=O)c2ccc(-n4c(=O)c5cc6c(=O)n(C)c(=O)c6cc5c4=O)cc2C(F)(F)F)C3)c(C)c1.Cc1ccc(C(=O)N2CCN(C(=O)c3ccc(-n4c(=O)c5cc6c(=O)n(C)c(=O)c6cc5c4=O)cc3C(F)(F)F)CC2)c(C(F)(F)F)c1. The molecule has 3 saturated heterocycles. The monoisotopic (exact) mass is 1450 g/mol. The van der Waals surface area contributed by atoms with Crippen LogP contribution in [0.25, 0.3) is 54.5 Å². The number of alkyl halides is 9. The van der Waals surface area contributed by atoms with Crippen LogP contribution in [0.15, 0.2) is 135 Å². The van der Waals surface area contributed by atoms with Gasteiger partial charge < -0.3 is 19.6 Å². The molecule has 4 aromatic heterocycles. The first kappa shape index (κ1) is 78.8. The predicted molar refractivity (Wildman–Crippen MR) is 377 cm³/mol. The molecule has 6 aromatic carbocycles. The number of benzene rings is 6. The molecule has 0 aliphatic carbocycles. The van der Waals surface area contributed by atoms with Gasteiger partial charge in [-0.25, -0.2) is 9.13 Å². The highest BCUT2D eigenvalue weighted by atomic mass is 19.4. The second kappa shape index (κ2) is 30.6. The van der Waals surface area contributed by atoms with Crippen LogP contribution in [-0.4, -0.2) is 114 Å². The number of aryl methyl sites for hydroxylation is 3. The minimum absolute atomic E-state index is 0.0785. The van der Waals surface area contributed by atoms with Gasteiger partial charge in [-0.15, -0.1) is 0 Å². The summed E-state index contributed by atoms with van der Waals surface area (Å²) in [7, 11) is 2.47. The normalized spacial score (nSPS) is 15.2. The summed E-state index contributed by atoms with van der Waals surface area (Å²) in [6.07, 6.45) is -14.2. The van der Waals surface area contributed by atoms with Gasteiger partial charge in [0.15, 0.2) is 0 Å². The molecule has 0 N–H and O–H groups in total. The number of carbonyl (C=O) groups is 4. The molecule has 0 saturated carbocycles. The number of piperidine rings is 2. The molecule has 0 spiro atoms. The Hall–Kier alpha value is -10.9. The zero-order chi connectivity index (χ0) is 77.4. The molecule has 3 aliphatic heterocycles. The van der Waals surface area contributed by atoms with Crippen LogP contribution in [0, 0.1) is 32.6 Å². The third-order valence-corrected chi connectivity index (χ3v) is 18.1. The van der Waals surface area contributed by atoms with Gasteiger partial charge in [-0.1, -0.05) is 84.7 Å². The maximum absolute atomic E-state index is 14.5. The van der Waals surface area contributed by atoms with Gasteiger partial charge in [0.1, 0.15) is 0 Å². The van der Waals surface area contributed by atoms with Gasteiger partial charge in [0.2, 0.25) is 0 Å². The van der Waals surface area contributed by atoms with E-state index in [-0.39, 0.29) is 106 Å². The number of carbonyl (C=O) groups excluding carboxylic acids is 4. The van der Waals surface area contributed by atoms with E-state index in [1.807, 2.05) is 81.4 Å². The van der Waals surface area contributed by atoms with Gasteiger partial charge in [0.05, 0.1) is 87.8 Å². The van der Waals surface area contributed by atoms with Crippen LogP contribution < -0.4 is 44.5 Å². The van der Waals surface area contributed by atoms with E-state index in [0.717, 1.165) is 97.1 Å². The summed E-state index contributed by atoms with van der Waals surface area (Å²) in [5.41, 5.74) is -10.8. The van der Waals surface area contributed by atoms with Crippen molar-refractivity contribution < 1.29 is 58.7 Å². The van der Waals surface area contributed by atoms with Crippen molar-refractivity contribution in [2.45, 2.75) is 101 Å². The van der Waals surface area contributed by atoms with Crippen LogP contribution in [-0.2, 0) is 32.6 Å². The molecular weight excluding hydrogens is 1380 g/mol. The third kappa shape index (κ3) is 14.6. The van der Waals surface area contributed by atoms with Gasteiger partial charge in [-0.3, -0.25) is 66.7 Å². The van der Waals surface area contributed by atoms with Crippen molar-refractivity contribution in [3.63, 3.8) is 0 Å². The van der Waals surface area contributed by atoms with Crippen molar-refractivity contribution >= 4 is 66.7 Å². The minimum atomic E-state index is -5.14. The molecule has 2 atom stereocenters. The van der Waals surface area contributed by atoms with Gasteiger partial charge in [-0.2, -0.15) is 39.5 Å². The van der Waals surface area contributed by atoms with E-state index in [2.05, 4.69) is 0 Å². The zero-order valence-electron chi connectivity index (χ0n) is 59.1. The zero-order valence-corrected chi connectivity index (χ0v) is 59.1. The molecule has 2 unspecified atom stereocenters. The number of fused-ring (bicyclic) bond motifs is 6. The topological polar surface area (TPSA) is 238 Å². The summed E-state index contributed by atoms with van der Waals surface area (Å²) in [4.78, 5) is 161. The van der Waals surface area contributed by atoms with Gasteiger partial charge >= 0.3 is 18.5 Å². The average molecular weight is 1450 g/mol. The number of hydrogen-bond donors (Lipinski definition) is 0. The Labute approximate surface area is 587 Å². The Bertz CT molecular complexity index is 5310. The number of halogens is 9. The summed E-state index contributed by atoms with van der Waals surface area (Å²) in [5, 5.41) is -1.43. The predicted octanol–water partition coefficient (Wildman–Crippen LogP) is 10.8. The number of hydrogen-bond acceptors (Lipinski definition) is 12. The van der Waals surface area contributed by atoms with E-state index in [1.54, 1.807) is 11.0 Å². The van der Waals surface area contributed by atoms with Crippen molar-refractivity contribution in [1.29, 1.82) is 0 Å². The number of nitrogens with zero attached hydrogens (tertiary/aromatic N) is 8. The summed E-state index contributed by atoms with van der Waals surface area (Å²) in [6, 6.07) is 18.1. The Kier molecular flexibility index (Phi) is 23.2. The first-order chi connectivity index (χ1) is 49.0. The van der Waals surface area contributed by atoms with Crippen LogP contribution in [0.5, 0.6) is 0 Å². The highest BCUT2D eigenvalue weighted by Gasteiger charge is 2.43. The number of piperazine rings is 1. The fourth-order valence-electron chi connectivity index (χ4n) is 13.4. The van der Waals surface area contributed by atoms with E-state index < -0.39 is 125 Å². The first-order valence-electron chi connectivity index (χ1n) is 33.7. The van der Waals surface area contributed by atoms with Crippen LogP contribution in [0.4, 0.5) is 39.5 Å². The summed E-state index contributed by atoms with van der Waals surface area (Å²) < 4.78 is 130. The molecule has 20 nitrogen and oxygen atoms in total. The standard InChI is InChI=1S/C35H29F3N4O6.C32H22F6N4O6.4C2H6/c1-17-4-6-22(18(2)8-17)31(45)40-13-19-9-20(14-40)16-41(15-19)32(46)23-7-5-21(10-28(23)35(36,37)38)42-33(47)26-11-24-25(12-27(26)34(42)48)30(44)39(3)29(24)43;1-15-3-5-17(23(11-15)31(33,34)35)27(45)40-7-9-41(10-8-40)28(46)18-6-4-16(12-24(18)32(36,37)38)42-29(47)21-13-19-20(14-22(21)30(42)48)26(44)39(2)25(19)43;4*1-2/h4-8,10-12,19-20H,9,13-16H2,1-3H3;3-6,11-14H,7-10H2,1-2H3;4*1-2H3. The number of amides is 4. The van der Waals surface area contributed by atoms with Crippen molar-refractivity contribution in [3.05, 3.63) is 236 Å². The van der Waals surface area contributed by atoms with Crippen molar-refractivity contribution in [3.8, 4) is 11.4 Å². The minimum Gasteiger partial charge on any atom is -0.338 e. The summed E-state index contributed by atoms with van der Waals surface area (Å²) in [6.45, 7) is 21.2. The van der Waals surface area contributed by atoms with E-state index in [9.17, 15) is 97.0 Å². The van der Waals surface area contributed by atoms with Crippen LogP contribution in [0.3, 0.4) is 0 Å². The Morgan fingerprint density at radius 3 is 0.875 bits per heavy atom. The molecule has 10 aromatic rings. The van der Waals surface area contributed by atoms with Crippen LogP contribution in [0.2, 0.25) is 0 Å². The lowest BCUT2D eigenvalue weighted by atomic mass is 9.84. The Morgan fingerprint density at radius 1 is 0.327 bits per heavy atom. The molecule has 3 fully saturated rings. The molecule has 2 bridgehead atoms. The third-order valence-electron chi connectivity index (χ3n) is 18.1. The van der Waals surface area contributed by atoms with Gasteiger partial charge in [0, 0.05) is 72.0 Å². The number of likely N-dealkylation sites (tertiary alicyclic amines) is 2. The second-order valence-corrected chi connectivity index (χ2v) is 24.4. The molecule has 0 radical (unpaired) electrons. The molecule has 13 rings (SSSR count). The maximum Gasteiger partial charge on any atom is 0.417 e. The highest BCUT2D eigenvalue weighted by molar-refractivity contribution is 6.01. The van der Waals surface area contributed by atoms with E-state index >= 15 is 0 Å². The first-order valence-corrected chi connectivity index (χ1v) is 33.7. The van der Waals surface area contributed by atoms with Crippen LogP contribution >= 0.6 is 0 Å². The summed E-state index contributed by atoms with van der Waals surface area (Å²) >= 11 is 0.